The number of aromatic nitrogens is 3. The Morgan fingerprint density at radius 2 is 1.62 bits per heavy atom. The number of nitrogens with one attached hydrogen (secondary N) is 2. The second-order valence-electron chi connectivity index (χ2n) is 5.28. The molecule has 0 saturated heterocycles. The van der Waals surface area contributed by atoms with Gasteiger partial charge in [0.15, 0.2) is 5.13 Å². The Morgan fingerprint density at radius 3 is 2.35 bits per heavy atom. The van der Waals surface area contributed by atoms with Gasteiger partial charge >= 0.3 is 5.69 Å². The van der Waals surface area contributed by atoms with E-state index < -0.39 is 4.92 Å². The van der Waals surface area contributed by atoms with Crippen LogP contribution in [0.25, 0.3) is 10.2 Å². The lowest BCUT2D eigenvalue weighted by atomic mass is 10.3. The quantitative estimate of drug-likeness (QED) is 0.397. The molecule has 8 nitrogen and oxygen atoms in total. The van der Waals surface area contributed by atoms with Gasteiger partial charge in [0, 0.05) is 5.69 Å². The average molecular weight is 364 g/mol. The third-order valence-corrected chi connectivity index (χ3v) is 4.51. The lowest BCUT2D eigenvalue weighted by Crippen LogP contribution is -2.05. The second-order valence-corrected chi connectivity index (χ2v) is 6.31. The summed E-state index contributed by atoms with van der Waals surface area (Å²) >= 11 is 1.40. The number of rotatable bonds is 5. The van der Waals surface area contributed by atoms with E-state index in [-0.39, 0.29) is 17.3 Å². The second kappa shape index (κ2) is 6.73. The maximum atomic E-state index is 11.6. The predicted octanol–water partition coefficient (Wildman–Crippen LogP) is 4.48. The molecule has 4 rings (SSSR count). The molecule has 2 aromatic carbocycles. The number of nitro groups is 1. The van der Waals surface area contributed by atoms with E-state index in [9.17, 15) is 10.1 Å². The fourth-order valence-corrected chi connectivity index (χ4v) is 3.28. The van der Waals surface area contributed by atoms with Gasteiger partial charge in [-0.05, 0) is 24.3 Å². The fourth-order valence-electron chi connectivity index (χ4n) is 2.42. The highest BCUT2D eigenvalue weighted by molar-refractivity contribution is 7.22. The van der Waals surface area contributed by atoms with Crippen molar-refractivity contribution in [2.45, 2.75) is 0 Å². The van der Waals surface area contributed by atoms with Gasteiger partial charge in [-0.25, -0.2) is 15.0 Å². The molecule has 2 N–H and O–H groups in total. The molecule has 26 heavy (non-hydrogen) atoms. The summed E-state index contributed by atoms with van der Waals surface area (Å²) in [7, 11) is 0. The van der Waals surface area contributed by atoms with Crippen LogP contribution in [0.5, 0.6) is 0 Å². The van der Waals surface area contributed by atoms with Crippen molar-refractivity contribution in [2.24, 2.45) is 0 Å². The van der Waals surface area contributed by atoms with E-state index >= 15 is 0 Å². The van der Waals surface area contributed by atoms with Crippen molar-refractivity contribution in [1.82, 2.24) is 15.0 Å². The molecule has 128 valence electrons. The molecule has 0 atom stereocenters. The van der Waals surface area contributed by atoms with Crippen molar-refractivity contribution in [3.8, 4) is 0 Å². The van der Waals surface area contributed by atoms with Gasteiger partial charge in [-0.15, -0.1) is 0 Å². The Hall–Kier alpha value is -3.59. The number of hydrogen-bond donors (Lipinski definition) is 2. The summed E-state index contributed by atoms with van der Waals surface area (Å²) in [5.41, 5.74) is 1.27. The van der Waals surface area contributed by atoms with Crippen LogP contribution in [0.4, 0.5) is 28.1 Å². The Bertz CT molecular complexity index is 1050. The first-order chi connectivity index (χ1) is 12.7. The molecule has 2 aromatic heterocycles. The molecule has 0 unspecified atom stereocenters. The SMILES string of the molecule is O=[N+]([O-])c1c(Nc2ccccc2)ncnc1Nc1nc2ccccc2s1. The molecule has 9 heteroatoms. The van der Waals surface area contributed by atoms with Crippen LogP contribution in [-0.2, 0) is 0 Å². The van der Waals surface area contributed by atoms with E-state index in [1.807, 2.05) is 42.5 Å². The van der Waals surface area contributed by atoms with Gasteiger partial charge in [-0.1, -0.05) is 41.7 Å². The monoisotopic (exact) mass is 364 g/mol. The van der Waals surface area contributed by atoms with Gasteiger partial charge in [0.05, 0.1) is 15.1 Å². The number of benzene rings is 2. The summed E-state index contributed by atoms with van der Waals surface area (Å²) in [5, 5.41) is 18.1. The van der Waals surface area contributed by atoms with E-state index in [2.05, 4.69) is 25.6 Å². The number of para-hydroxylation sites is 2. The van der Waals surface area contributed by atoms with Crippen molar-refractivity contribution < 1.29 is 4.92 Å². The van der Waals surface area contributed by atoms with Gasteiger partial charge in [0.25, 0.3) is 0 Å². The summed E-state index contributed by atoms with van der Waals surface area (Å²) < 4.78 is 0.981. The van der Waals surface area contributed by atoms with Crippen LogP contribution in [0.1, 0.15) is 0 Å². The molecule has 2 heterocycles. The van der Waals surface area contributed by atoms with Crippen molar-refractivity contribution in [2.75, 3.05) is 10.6 Å². The number of hydrogen-bond acceptors (Lipinski definition) is 8. The minimum absolute atomic E-state index is 0.0856. The van der Waals surface area contributed by atoms with E-state index in [0.29, 0.717) is 10.8 Å². The van der Waals surface area contributed by atoms with E-state index in [4.69, 9.17) is 0 Å². The molecule has 0 aliphatic rings. The Kier molecular flexibility index (Phi) is 4.12. The Morgan fingerprint density at radius 1 is 0.923 bits per heavy atom. The summed E-state index contributed by atoms with van der Waals surface area (Å²) in [4.78, 5) is 23.6. The van der Waals surface area contributed by atoms with Crippen LogP contribution in [-0.4, -0.2) is 19.9 Å². The van der Waals surface area contributed by atoms with Gasteiger partial charge in [-0.3, -0.25) is 10.1 Å². The molecule has 0 amide bonds. The van der Waals surface area contributed by atoms with Crippen LogP contribution >= 0.6 is 11.3 Å². The molecule has 0 radical (unpaired) electrons. The molecular formula is C17H12N6O2S. The normalized spacial score (nSPS) is 10.6. The topological polar surface area (TPSA) is 106 Å². The lowest BCUT2D eigenvalue weighted by Gasteiger charge is -2.08. The van der Waals surface area contributed by atoms with Crippen LogP contribution in [0.3, 0.4) is 0 Å². The maximum absolute atomic E-state index is 11.6. The van der Waals surface area contributed by atoms with Crippen LogP contribution in [0.2, 0.25) is 0 Å². The van der Waals surface area contributed by atoms with Crippen molar-refractivity contribution >= 4 is 49.7 Å². The van der Waals surface area contributed by atoms with Gasteiger partial charge in [-0.2, -0.15) is 0 Å². The zero-order valence-electron chi connectivity index (χ0n) is 13.3. The van der Waals surface area contributed by atoms with Gasteiger partial charge in [0.2, 0.25) is 11.6 Å². The molecule has 0 spiro atoms. The smallest absolute Gasteiger partial charge is 0.334 e. The minimum atomic E-state index is -0.513. The third-order valence-electron chi connectivity index (χ3n) is 3.56. The molecule has 0 saturated carbocycles. The first-order valence-electron chi connectivity index (χ1n) is 7.65. The van der Waals surface area contributed by atoms with Gasteiger partial charge in [0.1, 0.15) is 6.33 Å². The highest BCUT2D eigenvalue weighted by Crippen LogP contribution is 2.35. The highest BCUT2D eigenvalue weighted by atomic mass is 32.1. The summed E-state index contributed by atoms with van der Waals surface area (Å²) in [5.74, 6) is 0.197. The predicted molar refractivity (Wildman–Crippen MR) is 101 cm³/mol. The molecule has 0 aliphatic heterocycles. The Balaban J connectivity index is 1.71. The standard InChI is InChI=1S/C17H12N6O2S/c24-23(25)14-15(20-11-6-2-1-3-7-11)18-10-19-16(14)22-17-21-12-8-4-5-9-13(12)26-17/h1-10H,(H2,18,19,20,21,22). The van der Waals surface area contributed by atoms with Crippen molar-refractivity contribution in [3.63, 3.8) is 0 Å². The molecular weight excluding hydrogens is 352 g/mol. The van der Waals surface area contributed by atoms with Crippen LogP contribution in [0.15, 0.2) is 60.9 Å². The number of thiazole rings is 1. The van der Waals surface area contributed by atoms with E-state index in [1.165, 1.54) is 17.7 Å². The molecule has 0 bridgehead atoms. The number of nitrogens with zero attached hydrogens (tertiary/aromatic N) is 4. The molecule has 4 aromatic rings. The fraction of sp³-hybridized carbons (Fsp3) is 0. The number of anilines is 4. The van der Waals surface area contributed by atoms with Crippen molar-refractivity contribution in [1.29, 1.82) is 0 Å². The first-order valence-corrected chi connectivity index (χ1v) is 8.46. The highest BCUT2D eigenvalue weighted by Gasteiger charge is 2.24. The maximum Gasteiger partial charge on any atom is 0.353 e. The van der Waals surface area contributed by atoms with Crippen molar-refractivity contribution in [3.05, 3.63) is 71.0 Å². The van der Waals surface area contributed by atoms with Crippen LogP contribution in [0, 0.1) is 10.1 Å². The molecule has 0 fully saturated rings. The third kappa shape index (κ3) is 3.15. The zero-order valence-corrected chi connectivity index (χ0v) is 14.1. The molecule has 0 aliphatic carbocycles. The average Bonchev–Trinajstić information content (AvgIpc) is 3.05. The van der Waals surface area contributed by atoms with Crippen LogP contribution < -0.4 is 10.6 Å². The zero-order chi connectivity index (χ0) is 17.9. The minimum Gasteiger partial charge on any atom is -0.334 e. The summed E-state index contributed by atoms with van der Waals surface area (Å²) in [6.45, 7) is 0. The number of fused-ring (bicyclic) bond motifs is 1. The first kappa shape index (κ1) is 15.9. The lowest BCUT2D eigenvalue weighted by molar-refractivity contribution is -0.383. The Labute approximate surface area is 151 Å². The van der Waals surface area contributed by atoms with E-state index in [0.717, 1.165) is 10.2 Å². The van der Waals surface area contributed by atoms with Gasteiger partial charge < -0.3 is 10.6 Å². The van der Waals surface area contributed by atoms with E-state index in [1.54, 1.807) is 12.1 Å². The largest absolute Gasteiger partial charge is 0.353 e. The summed E-state index contributed by atoms with van der Waals surface area (Å²) in [6, 6.07) is 16.7. The summed E-state index contributed by atoms with van der Waals surface area (Å²) in [6.07, 6.45) is 1.27.